The largest absolute Gasteiger partial charge is 0.484 e. The van der Waals surface area contributed by atoms with Gasteiger partial charge in [-0.1, -0.05) is 30.3 Å². The van der Waals surface area contributed by atoms with Gasteiger partial charge < -0.3 is 19.9 Å². The Labute approximate surface area is 176 Å². The zero-order chi connectivity index (χ0) is 20.9. The van der Waals surface area contributed by atoms with Crippen molar-refractivity contribution in [3.63, 3.8) is 0 Å². The molecule has 1 fully saturated rings. The van der Waals surface area contributed by atoms with E-state index in [4.69, 9.17) is 4.74 Å². The smallest absolute Gasteiger partial charge is 0.258 e. The molecule has 1 aliphatic rings. The van der Waals surface area contributed by atoms with Gasteiger partial charge in [0, 0.05) is 23.8 Å². The van der Waals surface area contributed by atoms with Crippen LogP contribution in [0, 0.1) is 6.92 Å². The van der Waals surface area contributed by atoms with Crippen molar-refractivity contribution in [2.24, 2.45) is 0 Å². The van der Waals surface area contributed by atoms with Gasteiger partial charge >= 0.3 is 0 Å². The Kier molecular flexibility index (Phi) is 6.02. The lowest BCUT2D eigenvalue weighted by atomic mass is 10.1. The molecule has 2 aromatic carbocycles. The standard InChI is InChI=1S/C24H27N3O3/c1-17-14-19-4-2-3-5-22(19)27(17)15-23(28)25-13-12-18-6-10-21(11-7-18)30-16-24(29)26-20-8-9-20/h2-7,10-11,14,20H,8-9,12-13,15-16H2,1H3,(H,25,28)(H,26,29). The number of amides is 2. The minimum absolute atomic E-state index is 0.00100. The molecule has 4 rings (SSSR count). The summed E-state index contributed by atoms with van der Waals surface area (Å²) in [6.45, 7) is 2.95. The number of nitrogens with zero attached hydrogens (tertiary/aromatic N) is 1. The zero-order valence-electron chi connectivity index (χ0n) is 17.2. The van der Waals surface area contributed by atoms with E-state index in [1.807, 2.05) is 54.0 Å². The average Bonchev–Trinajstić information content (AvgIpc) is 3.50. The molecule has 2 amide bonds. The molecule has 0 radical (unpaired) electrons. The normalized spacial score (nSPS) is 13.2. The van der Waals surface area contributed by atoms with Gasteiger partial charge in [-0.3, -0.25) is 9.59 Å². The summed E-state index contributed by atoms with van der Waals surface area (Å²) in [6, 6.07) is 18.2. The third-order valence-corrected chi connectivity index (χ3v) is 5.29. The topological polar surface area (TPSA) is 72.4 Å². The van der Waals surface area contributed by atoms with Gasteiger partial charge in [0.2, 0.25) is 5.91 Å². The van der Waals surface area contributed by atoms with Gasteiger partial charge in [-0.2, -0.15) is 0 Å². The van der Waals surface area contributed by atoms with Crippen LogP contribution in [0.15, 0.2) is 54.6 Å². The van der Waals surface area contributed by atoms with Crippen molar-refractivity contribution in [1.29, 1.82) is 0 Å². The van der Waals surface area contributed by atoms with Crippen molar-refractivity contribution >= 4 is 22.7 Å². The van der Waals surface area contributed by atoms with E-state index in [9.17, 15) is 9.59 Å². The first-order valence-corrected chi connectivity index (χ1v) is 10.4. The van der Waals surface area contributed by atoms with Crippen LogP contribution in [0.1, 0.15) is 24.1 Å². The van der Waals surface area contributed by atoms with Crippen molar-refractivity contribution in [2.45, 2.75) is 38.8 Å². The number of fused-ring (bicyclic) bond motifs is 1. The number of carbonyl (C=O) groups excluding carboxylic acids is 2. The number of ether oxygens (including phenoxy) is 1. The molecule has 0 unspecified atom stereocenters. The quantitative estimate of drug-likeness (QED) is 0.575. The number of para-hydroxylation sites is 1. The van der Waals surface area contributed by atoms with Crippen LogP contribution in [0.4, 0.5) is 0 Å². The van der Waals surface area contributed by atoms with Crippen molar-refractivity contribution < 1.29 is 14.3 Å². The maximum atomic E-state index is 12.4. The van der Waals surface area contributed by atoms with Gasteiger partial charge in [0.15, 0.2) is 6.61 Å². The van der Waals surface area contributed by atoms with Gasteiger partial charge in [0.05, 0.1) is 0 Å². The molecular formula is C24H27N3O3. The summed E-state index contributed by atoms with van der Waals surface area (Å²) in [4.78, 5) is 24.1. The highest BCUT2D eigenvalue weighted by Crippen LogP contribution is 2.19. The summed E-state index contributed by atoms with van der Waals surface area (Å²) < 4.78 is 7.55. The minimum Gasteiger partial charge on any atom is -0.484 e. The summed E-state index contributed by atoms with van der Waals surface area (Å²) in [5.74, 6) is 0.597. The number of benzene rings is 2. The highest BCUT2D eigenvalue weighted by atomic mass is 16.5. The van der Waals surface area contributed by atoms with E-state index < -0.39 is 0 Å². The lowest BCUT2D eigenvalue weighted by molar-refractivity contribution is -0.123. The summed E-state index contributed by atoms with van der Waals surface area (Å²) in [5, 5.41) is 7.04. The van der Waals surface area contributed by atoms with Crippen molar-refractivity contribution in [3.8, 4) is 5.75 Å². The second-order valence-electron chi connectivity index (χ2n) is 7.81. The zero-order valence-corrected chi connectivity index (χ0v) is 17.2. The molecule has 0 saturated heterocycles. The van der Waals surface area contributed by atoms with E-state index in [-0.39, 0.29) is 18.4 Å². The molecule has 1 heterocycles. The lowest BCUT2D eigenvalue weighted by Gasteiger charge is -2.10. The van der Waals surface area contributed by atoms with Crippen LogP contribution in [0.3, 0.4) is 0 Å². The fraction of sp³-hybridized carbons (Fsp3) is 0.333. The second kappa shape index (κ2) is 9.03. The molecule has 3 aromatic rings. The van der Waals surface area contributed by atoms with E-state index in [1.54, 1.807) is 0 Å². The summed E-state index contributed by atoms with van der Waals surface area (Å²) in [5.41, 5.74) is 3.26. The Hall–Kier alpha value is -3.28. The molecule has 6 heteroatoms. The summed E-state index contributed by atoms with van der Waals surface area (Å²) in [6.07, 6.45) is 2.87. The first-order chi connectivity index (χ1) is 14.6. The Morgan fingerprint density at radius 3 is 2.60 bits per heavy atom. The van der Waals surface area contributed by atoms with E-state index in [0.29, 0.717) is 24.9 Å². The highest BCUT2D eigenvalue weighted by molar-refractivity contribution is 5.84. The molecule has 156 valence electrons. The van der Waals surface area contributed by atoms with Crippen LogP contribution < -0.4 is 15.4 Å². The van der Waals surface area contributed by atoms with Gasteiger partial charge in [0.25, 0.3) is 5.91 Å². The molecule has 1 aromatic heterocycles. The summed E-state index contributed by atoms with van der Waals surface area (Å²) >= 11 is 0. The molecular weight excluding hydrogens is 378 g/mol. The molecule has 0 spiro atoms. The molecule has 6 nitrogen and oxygen atoms in total. The number of nitrogens with one attached hydrogen (secondary N) is 2. The van der Waals surface area contributed by atoms with E-state index >= 15 is 0 Å². The highest BCUT2D eigenvalue weighted by Gasteiger charge is 2.23. The fourth-order valence-corrected chi connectivity index (χ4v) is 3.50. The van der Waals surface area contributed by atoms with Crippen LogP contribution in [0.25, 0.3) is 10.9 Å². The number of rotatable bonds is 9. The summed E-state index contributed by atoms with van der Waals surface area (Å²) in [7, 11) is 0. The first kappa shape index (κ1) is 20.0. The van der Waals surface area contributed by atoms with Crippen molar-refractivity contribution in [2.75, 3.05) is 13.2 Å². The van der Waals surface area contributed by atoms with Crippen LogP contribution >= 0.6 is 0 Å². The maximum Gasteiger partial charge on any atom is 0.258 e. The SMILES string of the molecule is Cc1cc2ccccc2n1CC(=O)NCCc1ccc(OCC(=O)NC2CC2)cc1. The van der Waals surface area contributed by atoms with Gasteiger partial charge in [-0.05, 0) is 61.4 Å². The fourth-order valence-electron chi connectivity index (χ4n) is 3.50. The third-order valence-electron chi connectivity index (χ3n) is 5.29. The third kappa shape index (κ3) is 5.20. The van der Waals surface area contributed by atoms with Crippen LogP contribution in [-0.2, 0) is 22.6 Å². The Balaban J connectivity index is 1.21. The van der Waals surface area contributed by atoms with Crippen molar-refractivity contribution in [3.05, 3.63) is 65.9 Å². The van der Waals surface area contributed by atoms with E-state index in [1.165, 1.54) is 0 Å². The molecule has 1 saturated carbocycles. The number of aryl methyl sites for hydroxylation is 1. The van der Waals surface area contributed by atoms with Crippen LogP contribution in [0.5, 0.6) is 5.75 Å². The molecule has 0 atom stereocenters. The number of aromatic nitrogens is 1. The number of hydrogen-bond donors (Lipinski definition) is 2. The van der Waals surface area contributed by atoms with Gasteiger partial charge in [-0.15, -0.1) is 0 Å². The molecule has 2 N–H and O–H groups in total. The molecule has 30 heavy (non-hydrogen) atoms. The lowest BCUT2D eigenvalue weighted by Crippen LogP contribution is -2.30. The van der Waals surface area contributed by atoms with Crippen LogP contribution in [-0.4, -0.2) is 35.6 Å². The van der Waals surface area contributed by atoms with Gasteiger partial charge in [-0.25, -0.2) is 0 Å². The predicted octanol–water partition coefficient (Wildman–Crippen LogP) is 2.97. The predicted molar refractivity (Wildman–Crippen MR) is 116 cm³/mol. The molecule has 0 bridgehead atoms. The van der Waals surface area contributed by atoms with E-state index in [0.717, 1.165) is 41.4 Å². The van der Waals surface area contributed by atoms with Crippen LogP contribution in [0.2, 0.25) is 0 Å². The molecule has 1 aliphatic carbocycles. The van der Waals surface area contributed by atoms with Crippen molar-refractivity contribution in [1.82, 2.24) is 15.2 Å². The minimum atomic E-state index is -0.0741. The first-order valence-electron chi connectivity index (χ1n) is 10.4. The second-order valence-corrected chi connectivity index (χ2v) is 7.81. The Morgan fingerprint density at radius 2 is 1.83 bits per heavy atom. The molecule has 0 aliphatic heterocycles. The maximum absolute atomic E-state index is 12.4. The number of carbonyl (C=O) groups is 2. The van der Waals surface area contributed by atoms with Gasteiger partial charge in [0.1, 0.15) is 12.3 Å². The average molecular weight is 405 g/mol. The monoisotopic (exact) mass is 405 g/mol. The van der Waals surface area contributed by atoms with E-state index in [2.05, 4.69) is 22.8 Å². The Bertz CT molecular complexity index is 1040. The number of hydrogen-bond acceptors (Lipinski definition) is 3. The Morgan fingerprint density at radius 1 is 1.07 bits per heavy atom.